The number of carbonyl (C=O) groups is 2. The van der Waals surface area contributed by atoms with E-state index in [9.17, 15) is 9.59 Å². The van der Waals surface area contributed by atoms with Crippen molar-refractivity contribution in [2.45, 2.75) is 84.7 Å². The summed E-state index contributed by atoms with van der Waals surface area (Å²) in [5, 5.41) is 0. The third-order valence-corrected chi connectivity index (χ3v) is 4.38. The van der Waals surface area contributed by atoms with Crippen molar-refractivity contribution < 1.29 is 19.1 Å². The topological polar surface area (TPSA) is 52.6 Å². The summed E-state index contributed by atoms with van der Waals surface area (Å²) in [4.78, 5) is 24.5. The minimum Gasteiger partial charge on any atom is -0.465 e. The largest absolute Gasteiger partial charge is 0.465 e. The van der Waals surface area contributed by atoms with Gasteiger partial charge in [0, 0.05) is 0 Å². The van der Waals surface area contributed by atoms with E-state index in [0.717, 1.165) is 12.8 Å². The average Bonchev–Trinajstić information content (AvgIpc) is 2.56. The second kappa shape index (κ2) is 12.1. The predicted molar refractivity (Wildman–Crippen MR) is 95.5 cm³/mol. The lowest BCUT2D eigenvalue weighted by Gasteiger charge is -2.26. The fraction of sp³-hybridized carbons (Fsp3) is 0.800. The van der Waals surface area contributed by atoms with Gasteiger partial charge in [0.15, 0.2) is 0 Å². The van der Waals surface area contributed by atoms with Crippen molar-refractivity contribution >= 4 is 11.9 Å². The molecule has 138 valence electrons. The predicted octanol–water partition coefficient (Wildman–Crippen LogP) is 4.81. The summed E-state index contributed by atoms with van der Waals surface area (Å²) in [6.07, 6.45) is 13.2. The molecule has 0 aromatic carbocycles. The maximum absolute atomic E-state index is 12.3. The SMILES string of the molecule is CCCCCCCCCOC(=O)C1CC=CCC1C(=O)OC(C)C. The summed E-state index contributed by atoms with van der Waals surface area (Å²) in [6, 6.07) is 0. The third kappa shape index (κ3) is 7.98. The summed E-state index contributed by atoms with van der Waals surface area (Å²) in [5.74, 6) is -1.34. The van der Waals surface area contributed by atoms with Crippen LogP contribution >= 0.6 is 0 Å². The van der Waals surface area contributed by atoms with E-state index in [0.29, 0.717) is 19.4 Å². The van der Waals surface area contributed by atoms with Gasteiger partial charge in [0.05, 0.1) is 24.5 Å². The number of carbonyl (C=O) groups excluding carboxylic acids is 2. The van der Waals surface area contributed by atoms with Crippen molar-refractivity contribution in [2.75, 3.05) is 6.61 Å². The molecule has 0 spiro atoms. The van der Waals surface area contributed by atoms with Gasteiger partial charge in [-0.1, -0.05) is 57.6 Å². The summed E-state index contributed by atoms with van der Waals surface area (Å²) < 4.78 is 10.7. The zero-order valence-electron chi connectivity index (χ0n) is 15.6. The molecule has 0 N–H and O–H groups in total. The number of hydrogen-bond acceptors (Lipinski definition) is 4. The van der Waals surface area contributed by atoms with Crippen LogP contribution < -0.4 is 0 Å². The van der Waals surface area contributed by atoms with E-state index in [-0.39, 0.29) is 18.0 Å². The van der Waals surface area contributed by atoms with Crippen LogP contribution in [-0.4, -0.2) is 24.6 Å². The van der Waals surface area contributed by atoms with Crippen LogP contribution in [0.4, 0.5) is 0 Å². The lowest BCUT2D eigenvalue weighted by Crippen LogP contribution is -2.34. The van der Waals surface area contributed by atoms with Crippen LogP contribution in [0.5, 0.6) is 0 Å². The molecular formula is C20H34O4. The molecule has 0 saturated heterocycles. The van der Waals surface area contributed by atoms with Crippen LogP contribution in [0, 0.1) is 11.8 Å². The Hall–Kier alpha value is -1.32. The molecule has 1 rings (SSSR count). The van der Waals surface area contributed by atoms with E-state index in [1.165, 1.54) is 32.1 Å². The van der Waals surface area contributed by atoms with E-state index in [1.807, 2.05) is 26.0 Å². The maximum Gasteiger partial charge on any atom is 0.310 e. The van der Waals surface area contributed by atoms with Crippen molar-refractivity contribution in [1.29, 1.82) is 0 Å². The summed E-state index contributed by atoms with van der Waals surface area (Å²) in [7, 11) is 0. The van der Waals surface area contributed by atoms with Crippen LogP contribution in [0.15, 0.2) is 12.2 Å². The van der Waals surface area contributed by atoms with Gasteiger partial charge in [-0.2, -0.15) is 0 Å². The zero-order chi connectivity index (χ0) is 17.8. The molecule has 0 saturated carbocycles. The molecule has 0 heterocycles. The molecule has 1 aliphatic rings. The Morgan fingerprint density at radius 3 is 2.04 bits per heavy atom. The Labute approximate surface area is 147 Å². The van der Waals surface area contributed by atoms with Gasteiger partial charge >= 0.3 is 11.9 Å². The fourth-order valence-electron chi connectivity index (χ4n) is 2.99. The van der Waals surface area contributed by atoms with Gasteiger partial charge in [-0.25, -0.2) is 0 Å². The Morgan fingerprint density at radius 1 is 0.917 bits per heavy atom. The quantitative estimate of drug-likeness (QED) is 0.308. The van der Waals surface area contributed by atoms with Gasteiger partial charge in [0.25, 0.3) is 0 Å². The van der Waals surface area contributed by atoms with E-state index in [1.54, 1.807) is 0 Å². The van der Waals surface area contributed by atoms with Crippen LogP contribution in [0.1, 0.15) is 78.6 Å². The molecule has 0 aromatic heterocycles. The molecule has 4 nitrogen and oxygen atoms in total. The van der Waals surface area contributed by atoms with Crippen LogP contribution in [0.2, 0.25) is 0 Å². The van der Waals surface area contributed by atoms with Crippen molar-refractivity contribution in [1.82, 2.24) is 0 Å². The van der Waals surface area contributed by atoms with E-state index >= 15 is 0 Å². The Morgan fingerprint density at radius 2 is 1.46 bits per heavy atom. The van der Waals surface area contributed by atoms with Crippen molar-refractivity contribution in [3.8, 4) is 0 Å². The highest BCUT2D eigenvalue weighted by Crippen LogP contribution is 2.28. The highest BCUT2D eigenvalue weighted by Gasteiger charge is 2.36. The summed E-state index contributed by atoms with van der Waals surface area (Å²) in [5.41, 5.74) is 0. The first kappa shape index (κ1) is 20.7. The first-order chi connectivity index (χ1) is 11.6. The van der Waals surface area contributed by atoms with Gasteiger partial charge in [-0.3, -0.25) is 9.59 Å². The molecule has 0 aliphatic heterocycles. The van der Waals surface area contributed by atoms with E-state index in [4.69, 9.17) is 9.47 Å². The van der Waals surface area contributed by atoms with E-state index < -0.39 is 11.8 Å². The molecule has 0 radical (unpaired) electrons. The summed E-state index contributed by atoms with van der Waals surface area (Å²) in [6.45, 7) is 6.32. The normalized spacial score (nSPS) is 20.2. The number of unbranched alkanes of at least 4 members (excludes halogenated alkanes) is 6. The molecular weight excluding hydrogens is 304 g/mol. The molecule has 2 atom stereocenters. The molecule has 4 heteroatoms. The minimum absolute atomic E-state index is 0.159. The smallest absolute Gasteiger partial charge is 0.310 e. The maximum atomic E-state index is 12.3. The molecule has 0 aromatic rings. The van der Waals surface area contributed by atoms with Gasteiger partial charge < -0.3 is 9.47 Å². The molecule has 0 bridgehead atoms. The van der Waals surface area contributed by atoms with E-state index in [2.05, 4.69) is 6.92 Å². The van der Waals surface area contributed by atoms with Crippen LogP contribution in [0.25, 0.3) is 0 Å². The zero-order valence-corrected chi connectivity index (χ0v) is 15.6. The highest BCUT2D eigenvalue weighted by atomic mass is 16.5. The van der Waals surface area contributed by atoms with Gasteiger partial charge in [-0.15, -0.1) is 0 Å². The molecule has 1 aliphatic carbocycles. The second-order valence-electron chi connectivity index (χ2n) is 6.93. The third-order valence-electron chi connectivity index (χ3n) is 4.38. The molecule has 0 fully saturated rings. The van der Waals surface area contributed by atoms with Gasteiger partial charge in [0.1, 0.15) is 0 Å². The lowest BCUT2D eigenvalue weighted by atomic mass is 9.83. The van der Waals surface area contributed by atoms with Crippen molar-refractivity contribution in [3.05, 3.63) is 12.2 Å². The Bertz CT molecular complexity index is 400. The number of esters is 2. The molecule has 2 unspecified atom stereocenters. The lowest BCUT2D eigenvalue weighted by molar-refractivity contribution is -0.163. The van der Waals surface area contributed by atoms with Crippen LogP contribution in [0.3, 0.4) is 0 Å². The standard InChI is InChI=1S/C20H34O4/c1-4-5-6-7-8-9-12-15-23-19(21)17-13-10-11-14-18(17)20(22)24-16(2)3/h10-11,16-18H,4-9,12-15H2,1-3H3. The first-order valence-electron chi connectivity index (χ1n) is 9.58. The molecule has 0 amide bonds. The fourth-order valence-corrected chi connectivity index (χ4v) is 2.99. The number of rotatable bonds is 11. The van der Waals surface area contributed by atoms with Crippen molar-refractivity contribution in [2.24, 2.45) is 11.8 Å². The van der Waals surface area contributed by atoms with Crippen molar-refractivity contribution in [3.63, 3.8) is 0 Å². The number of ether oxygens (including phenoxy) is 2. The van der Waals surface area contributed by atoms with Gasteiger partial charge in [-0.05, 0) is 33.1 Å². The first-order valence-corrected chi connectivity index (χ1v) is 9.58. The monoisotopic (exact) mass is 338 g/mol. The summed E-state index contributed by atoms with van der Waals surface area (Å²) >= 11 is 0. The number of hydrogen-bond donors (Lipinski definition) is 0. The average molecular weight is 338 g/mol. The number of allylic oxidation sites excluding steroid dienone is 2. The van der Waals surface area contributed by atoms with Crippen LogP contribution in [-0.2, 0) is 19.1 Å². The molecule has 24 heavy (non-hydrogen) atoms. The Balaban J connectivity index is 2.28. The highest BCUT2D eigenvalue weighted by molar-refractivity contribution is 5.82. The van der Waals surface area contributed by atoms with Gasteiger partial charge in [0.2, 0.25) is 0 Å². The minimum atomic E-state index is -0.404. The second-order valence-corrected chi connectivity index (χ2v) is 6.93. The Kier molecular flexibility index (Phi) is 10.4.